The number of sulfonamides is 1. The van der Waals surface area contributed by atoms with E-state index in [4.69, 9.17) is 14.0 Å². The second-order valence-electron chi connectivity index (χ2n) is 9.93. The van der Waals surface area contributed by atoms with E-state index in [9.17, 15) is 37.7 Å². The van der Waals surface area contributed by atoms with Crippen molar-refractivity contribution in [3.05, 3.63) is 70.3 Å². The molecule has 0 spiro atoms. The van der Waals surface area contributed by atoms with Gasteiger partial charge in [0.2, 0.25) is 10.0 Å². The Hall–Kier alpha value is -2.91. The molecule has 0 aromatic heterocycles. The molecule has 16 heteroatoms. The summed E-state index contributed by atoms with van der Waals surface area (Å²) in [5.74, 6) is -0.230. The first-order chi connectivity index (χ1) is 19.2. The van der Waals surface area contributed by atoms with Crippen LogP contribution in [-0.2, 0) is 35.0 Å². The topological polar surface area (TPSA) is 195 Å². The summed E-state index contributed by atoms with van der Waals surface area (Å²) in [4.78, 5) is 42.5. The number of benzene rings is 2. The van der Waals surface area contributed by atoms with Crippen LogP contribution in [-0.4, -0.2) is 78.1 Å². The zero-order valence-electron chi connectivity index (χ0n) is 22.6. The number of amides is 1. The summed E-state index contributed by atoms with van der Waals surface area (Å²) in [6.45, 7) is 3.47. The van der Waals surface area contributed by atoms with E-state index >= 15 is 0 Å². The molecule has 3 atom stereocenters. The number of non-ortho nitro benzene ring substituents is 1. The lowest BCUT2D eigenvalue weighted by atomic mass is 10.0. The number of hydrogen-bond donors (Lipinski definition) is 3. The molecule has 1 amide bonds. The van der Waals surface area contributed by atoms with Gasteiger partial charge in [-0.2, -0.15) is 4.31 Å². The number of phosphoric acid groups is 1. The maximum absolute atomic E-state index is 13.7. The number of rotatable bonds is 14. The average molecular weight is 616 g/mol. The predicted molar refractivity (Wildman–Crippen MR) is 146 cm³/mol. The molecule has 1 heterocycles. The SMILES string of the molecule is CC(C)CN(C[C@@H](OP(=O)(O)O)C(Cc1ccccc1)NC(=O)O[C@H]1CCOC1)S(=O)(=O)c1ccc([N+](=O)[O-])cc1. The minimum atomic E-state index is -5.19. The maximum atomic E-state index is 13.7. The van der Waals surface area contributed by atoms with Crippen LogP contribution in [0.2, 0.25) is 0 Å². The lowest BCUT2D eigenvalue weighted by Gasteiger charge is -2.33. The highest BCUT2D eigenvalue weighted by atomic mass is 32.2. The molecule has 3 rings (SSSR count). The number of nitrogens with zero attached hydrogens (tertiary/aromatic N) is 2. The molecule has 1 unspecified atom stereocenters. The summed E-state index contributed by atoms with van der Waals surface area (Å²) in [5.41, 5.74) is 0.371. The molecule has 1 aliphatic heterocycles. The lowest BCUT2D eigenvalue weighted by Crippen LogP contribution is -2.52. The van der Waals surface area contributed by atoms with Gasteiger partial charge in [-0.1, -0.05) is 44.2 Å². The van der Waals surface area contributed by atoms with Gasteiger partial charge in [-0.15, -0.1) is 0 Å². The second-order valence-corrected chi connectivity index (χ2v) is 13.1. The van der Waals surface area contributed by atoms with Crippen LogP contribution < -0.4 is 5.32 Å². The van der Waals surface area contributed by atoms with Gasteiger partial charge < -0.3 is 24.6 Å². The second kappa shape index (κ2) is 14.3. The van der Waals surface area contributed by atoms with Crippen molar-refractivity contribution in [1.82, 2.24) is 9.62 Å². The fourth-order valence-corrected chi connectivity index (χ4v) is 6.45. The molecule has 0 radical (unpaired) electrons. The molecular formula is C25H34N3O11PS. The number of alkyl carbamates (subject to hydrolysis) is 1. The minimum absolute atomic E-state index is 0.0227. The molecule has 41 heavy (non-hydrogen) atoms. The molecule has 2 aromatic rings. The molecular weight excluding hydrogens is 581 g/mol. The summed E-state index contributed by atoms with van der Waals surface area (Å²) in [6.07, 6.45) is -2.41. The molecule has 0 bridgehead atoms. The summed E-state index contributed by atoms with van der Waals surface area (Å²) in [6, 6.07) is 11.8. The van der Waals surface area contributed by atoms with E-state index < -0.39 is 53.7 Å². The van der Waals surface area contributed by atoms with Crippen LogP contribution in [0.15, 0.2) is 59.5 Å². The molecule has 1 saturated heterocycles. The fourth-order valence-electron chi connectivity index (χ4n) is 4.26. The lowest BCUT2D eigenvalue weighted by molar-refractivity contribution is -0.384. The van der Waals surface area contributed by atoms with Gasteiger partial charge in [0, 0.05) is 31.6 Å². The van der Waals surface area contributed by atoms with Gasteiger partial charge in [-0.05, 0) is 30.0 Å². The minimum Gasteiger partial charge on any atom is -0.444 e. The molecule has 1 fully saturated rings. The Bertz CT molecular complexity index is 1310. The molecule has 0 aliphatic carbocycles. The van der Waals surface area contributed by atoms with Crippen LogP contribution in [0.4, 0.5) is 10.5 Å². The van der Waals surface area contributed by atoms with Crippen molar-refractivity contribution in [3.8, 4) is 0 Å². The Labute approximate surface area is 238 Å². The molecule has 3 N–H and O–H groups in total. The number of nitro groups is 1. The number of hydrogen-bond acceptors (Lipinski definition) is 9. The first-order valence-electron chi connectivity index (χ1n) is 12.8. The monoisotopic (exact) mass is 615 g/mol. The number of nitro benzene ring substituents is 1. The number of carbonyl (C=O) groups is 1. The van der Waals surface area contributed by atoms with E-state index in [1.165, 1.54) is 0 Å². The van der Waals surface area contributed by atoms with Gasteiger partial charge in [-0.25, -0.2) is 17.8 Å². The van der Waals surface area contributed by atoms with Crippen molar-refractivity contribution in [2.24, 2.45) is 5.92 Å². The van der Waals surface area contributed by atoms with Crippen LogP contribution in [0.1, 0.15) is 25.8 Å². The van der Waals surface area contributed by atoms with Crippen LogP contribution in [0.5, 0.6) is 0 Å². The van der Waals surface area contributed by atoms with Crippen molar-refractivity contribution < 1.29 is 46.5 Å². The zero-order valence-corrected chi connectivity index (χ0v) is 24.3. The number of carbonyl (C=O) groups excluding carboxylic acids is 1. The highest BCUT2D eigenvalue weighted by Gasteiger charge is 2.37. The average Bonchev–Trinajstić information content (AvgIpc) is 3.40. The Morgan fingerprint density at radius 2 is 1.83 bits per heavy atom. The zero-order chi connectivity index (χ0) is 30.2. The van der Waals surface area contributed by atoms with Crippen LogP contribution >= 0.6 is 7.82 Å². The predicted octanol–water partition coefficient (Wildman–Crippen LogP) is 2.85. The summed E-state index contributed by atoms with van der Waals surface area (Å²) >= 11 is 0. The summed E-state index contributed by atoms with van der Waals surface area (Å²) in [5, 5.41) is 13.6. The Balaban J connectivity index is 1.97. The van der Waals surface area contributed by atoms with E-state index in [2.05, 4.69) is 5.32 Å². The van der Waals surface area contributed by atoms with Crippen LogP contribution in [0, 0.1) is 16.0 Å². The Kier molecular flexibility index (Phi) is 11.4. The Morgan fingerprint density at radius 3 is 2.37 bits per heavy atom. The number of ether oxygens (including phenoxy) is 2. The summed E-state index contributed by atoms with van der Waals surface area (Å²) in [7, 11) is -9.52. The third-order valence-corrected chi connectivity index (χ3v) is 8.51. The van der Waals surface area contributed by atoms with Gasteiger partial charge >= 0.3 is 13.9 Å². The first kappa shape index (κ1) is 32.6. The standard InChI is InChI=1S/C25H34N3O11PS/c1-18(2)15-27(41(35,36)22-10-8-20(9-11-22)28(30)31)16-24(39-40(32,33)34)23(14-19-6-4-3-5-7-19)26-25(29)38-21-12-13-37-17-21/h3-11,18,21,23-24H,12-17H2,1-2H3,(H,26,29)(H2,32,33,34)/t21-,23?,24+/m0/s1. The van der Waals surface area contributed by atoms with Crippen molar-refractivity contribution in [2.45, 2.75) is 49.8 Å². The van der Waals surface area contributed by atoms with Gasteiger partial charge in [0.25, 0.3) is 5.69 Å². The van der Waals surface area contributed by atoms with Gasteiger partial charge in [0.15, 0.2) is 0 Å². The highest BCUT2D eigenvalue weighted by Crippen LogP contribution is 2.39. The van der Waals surface area contributed by atoms with E-state index in [-0.39, 0.29) is 36.1 Å². The largest absolute Gasteiger partial charge is 0.469 e. The quantitative estimate of drug-likeness (QED) is 0.161. The van der Waals surface area contributed by atoms with Crippen molar-refractivity contribution in [1.29, 1.82) is 0 Å². The third-order valence-electron chi connectivity index (χ3n) is 6.12. The maximum Gasteiger partial charge on any atom is 0.469 e. The molecule has 0 saturated carbocycles. The number of nitrogens with one attached hydrogen (secondary N) is 1. The fraction of sp³-hybridized carbons (Fsp3) is 0.480. The molecule has 14 nitrogen and oxygen atoms in total. The van der Waals surface area contributed by atoms with Crippen LogP contribution in [0.3, 0.4) is 0 Å². The van der Waals surface area contributed by atoms with Crippen molar-refractivity contribution >= 4 is 29.6 Å². The normalized spacial score (nSPS) is 17.4. The van der Waals surface area contributed by atoms with E-state index in [1.807, 2.05) is 0 Å². The van der Waals surface area contributed by atoms with E-state index in [0.29, 0.717) is 18.6 Å². The van der Waals surface area contributed by atoms with E-state index in [1.54, 1.807) is 44.2 Å². The molecule has 226 valence electrons. The van der Waals surface area contributed by atoms with Crippen molar-refractivity contribution in [2.75, 3.05) is 26.3 Å². The van der Waals surface area contributed by atoms with E-state index in [0.717, 1.165) is 28.6 Å². The third kappa shape index (κ3) is 10.1. The first-order valence-corrected chi connectivity index (χ1v) is 15.8. The molecule has 1 aliphatic rings. The van der Waals surface area contributed by atoms with Gasteiger partial charge in [-0.3, -0.25) is 14.6 Å². The van der Waals surface area contributed by atoms with Gasteiger partial charge in [0.1, 0.15) is 12.2 Å². The smallest absolute Gasteiger partial charge is 0.444 e. The Morgan fingerprint density at radius 1 is 1.17 bits per heavy atom. The van der Waals surface area contributed by atoms with Crippen LogP contribution in [0.25, 0.3) is 0 Å². The number of phosphoric ester groups is 1. The summed E-state index contributed by atoms with van der Waals surface area (Å²) < 4.78 is 56.1. The highest BCUT2D eigenvalue weighted by molar-refractivity contribution is 7.89. The molecule has 2 aromatic carbocycles. The van der Waals surface area contributed by atoms with Crippen molar-refractivity contribution in [3.63, 3.8) is 0 Å². The van der Waals surface area contributed by atoms with Gasteiger partial charge in [0.05, 0.1) is 29.1 Å².